The molecule has 0 N–H and O–H groups in total. The maximum atomic E-state index is 12.6. The molecule has 19 heavy (non-hydrogen) atoms. The summed E-state index contributed by atoms with van der Waals surface area (Å²) < 4.78 is 5.55. The van der Waals surface area contributed by atoms with Crippen molar-refractivity contribution in [3.8, 4) is 0 Å². The predicted octanol–water partition coefficient (Wildman–Crippen LogP) is 4.42. The van der Waals surface area contributed by atoms with Crippen LogP contribution in [0.1, 0.15) is 53.8 Å². The fourth-order valence-electron chi connectivity index (χ4n) is 2.15. The number of carbonyl (C=O) groups excluding carboxylic acids is 1. The highest BCUT2D eigenvalue weighted by Gasteiger charge is 2.23. The van der Waals surface area contributed by atoms with Crippen LogP contribution in [0.2, 0.25) is 0 Å². The number of hydrogen-bond acceptors (Lipinski definition) is 2. The van der Waals surface area contributed by atoms with Crippen molar-refractivity contribution >= 4 is 5.78 Å². The van der Waals surface area contributed by atoms with Crippen molar-refractivity contribution in [2.24, 2.45) is 0 Å². The molecule has 0 aliphatic carbocycles. The normalized spacial score (nSPS) is 11.6. The van der Waals surface area contributed by atoms with Gasteiger partial charge >= 0.3 is 0 Å². The molecule has 100 valence electrons. The Morgan fingerprint density at radius 1 is 1.11 bits per heavy atom. The monoisotopic (exact) mass is 256 g/mol. The number of rotatable bonds is 2. The Morgan fingerprint density at radius 3 is 2.26 bits per heavy atom. The number of benzene rings is 1. The highest BCUT2D eigenvalue weighted by Crippen LogP contribution is 2.28. The molecule has 0 atom stereocenters. The van der Waals surface area contributed by atoms with Gasteiger partial charge in [-0.25, -0.2) is 0 Å². The van der Waals surface area contributed by atoms with Crippen molar-refractivity contribution in [1.29, 1.82) is 0 Å². The van der Waals surface area contributed by atoms with Crippen LogP contribution >= 0.6 is 0 Å². The maximum absolute atomic E-state index is 12.6. The summed E-state index contributed by atoms with van der Waals surface area (Å²) in [5.41, 5.74) is 2.72. The fraction of sp³-hybridized carbons (Fsp3) is 0.353. The number of furan rings is 1. The molecule has 0 spiro atoms. The molecule has 0 bridgehead atoms. The average Bonchev–Trinajstić information content (AvgIpc) is 2.68. The molecular formula is C17H20O2. The molecule has 0 saturated heterocycles. The van der Waals surface area contributed by atoms with Crippen molar-refractivity contribution in [3.05, 3.63) is 58.5 Å². The molecule has 2 rings (SSSR count). The molecule has 2 aromatic rings. The minimum atomic E-state index is -0.0665. The van der Waals surface area contributed by atoms with Crippen LogP contribution in [0.3, 0.4) is 0 Å². The molecule has 2 heteroatoms. The minimum absolute atomic E-state index is 0.0401. The van der Waals surface area contributed by atoms with Crippen molar-refractivity contribution in [3.63, 3.8) is 0 Å². The van der Waals surface area contributed by atoms with Crippen molar-refractivity contribution in [2.75, 3.05) is 0 Å². The Labute approximate surface area is 114 Å². The molecule has 0 fully saturated rings. The zero-order valence-corrected chi connectivity index (χ0v) is 12.2. The van der Waals surface area contributed by atoms with Gasteiger partial charge in [0.1, 0.15) is 5.76 Å². The third-order valence-electron chi connectivity index (χ3n) is 3.37. The number of carbonyl (C=O) groups is 1. The summed E-state index contributed by atoms with van der Waals surface area (Å²) in [5.74, 6) is 1.19. The summed E-state index contributed by atoms with van der Waals surface area (Å²) in [6.45, 7) is 10.2. The van der Waals surface area contributed by atoms with Crippen LogP contribution in [0.4, 0.5) is 0 Å². The van der Waals surface area contributed by atoms with E-state index in [1.165, 1.54) is 0 Å². The predicted molar refractivity (Wildman–Crippen MR) is 76.8 cm³/mol. The van der Waals surface area contributed by atoms with E-state index in [0.717, 1.165) is 22.5 Å². The number of hydrogen-bond donors (Lipinski definition) is 0. The van der Waals surface area contributed by atoms with E-state index in [0.29, 0.717) is 5.76 Å². The van der Waals surface area contributed by atoms with Crippen LogP contribution in [0.25, 0.3) is 0 Å². The number of ketones is 1. The zero-order valence-electron chi connectivity index (χ0n) is 12.2. The maximum Gasteiger partial charge on any atom is 0.228 e. The topological polar surface area (TPSA) is 30.2 Å². The van der Waals surface area contributed by atoms with Crippen LogP contribution in [0.5, 0.6) is 0 Å². The molecule has 0 unspecified atom stereocenters. The smallest absolute Gasteiger partial charge is 0.228 e. The average molecular weight is 256 g/mol. The molecule has 0 aliphatic rings. The van der Waals surface area contributed by atoms with E-state index < -0.39 is 0 Å². The first-order valence-electron chi connectivity index (χ1n) is 6.52. The van der Waals surface area contributed by atoms with Gasteiger partial charge < -0.3 is 4.42 Å². The van der Waals surface area contributed by atoms with E-state index in [9.17, 15) is 4.79 Å². The second-order valence-corrected chi connectivity index (χ2v) is 5.97. The third-order valence-corrected chi connectivity index (χ3v) is 3.37. The van der Waals surface area contributed by atoms with E-state index in [4.69, 9.17) is 4.42 Å². The summed E-state index contributed by atoms with van der Waals surface area (Å²) >= 11 is 0. The van der Waals surface area contributed by atoms with Crippen molar-refractivity contribution < 1.29 is 9.21 Å². The lowest BCUT2D eigenvalue weighted by atomic mass is 9.82. The lowest BCUT2D eigenvalue weighted by Gasteiger charge is -2.21. The molecule has 2 nitrogen and oxygen atoms in total. The first kappa shape index (κ1) is 13.6. The highest BCUT2D eigenvalue weighted by atomic mass is 16.3. The molecule has 1 heterocycles. The van der Waals surface area contributed by atoms with Crippen molar-refractivity contribution in [1.82, 2.24) is 0 Å². The van der Waals surface area contributed by atoms with Crippen LogP contribution < -0.4 is 0 Å². The molecule has 1 aromatic heterocycles. The SMILES string of the molecule is Cc1cc(C(=O)c2ccccc2C(C)(C)C)oc1C. The molecule has 0 amide bonds. The molecular weight excluding hydrogens is 236 g/mol. The Balaban J connectivity index is 2.51. The van der Waals surface area contributed by atoms with Gasteiger partial charge in [0.15, 0.2) is 5.76 Å². The van der Waals surface area contributed by atoms with Gasteiger partial charge in [-0.2, -0.15) is 0 Å². The van der Waals surface area contributed by atoms with Crippen LogP contribution in [-0.4, -0.2) is 5.78 Å². The molecule has 0 aliphatic heterocycles. The Morgan fingerprint density at radius 2 is 1.74 bits per heavy atom. The first-order valence-corrected chi connectivity index (χ1v) is 6.52. The van der Waals surface area contributed by atoms with E-state index >= 15 is 0 Å². The summed E-state index contributed by atoms with van der Waals surface area (Å²) in [7, 11) is 0. The lowest BCUT2D eigenvalue weighted by molar-refractivity contribution is 0.101. The van der Waals surface area contributed by atoms with Gasteiger partial charge in [-0.15, -0.1) is 0 Å². The summed E-state index contributed by atoms with van der Waals surface area (Å²) in [5, 5.41) is 0. The van der Waals surface area contributed by atoms with E-state index in [1.807, 2.05) is 44.2 Å². The quantitative estimate of drug-likeness (QED) is 0.744. The lowest BCUT2D eigenvalue weighted by Crippen LogP contribution is -2.17. The third kappa shape index (κ3) is 2.62. The zero-order chi connectivity index (χ0) is 14.2. The van der Waals surface area contributed by atoms with E-state index in [1.54, 1.807) is 0 Å². The van der Waals surface area contributed by atoms with Crippen LogP contribution in [0, 0.1) is 13.8 Å². The van der Waals surface area contributed by atoms with Gasteiger partial charge in [-0.05, 0) is 36.5 Å². The van der Waals surface area contributed by atoms with Gasteiger partial charge in [0, 0.05) is 5.56 Å². The van der Waals surface area contributed by atoms with Gasteiger partial charge in [-0.1, -0.05) is 45.0 Å². The van der Waals surface area contributed by atoms with E-state index in [-0.39, 0.29) is 11.2 Å². The second-order valence-electron chi connectivity index (χ2n) is 5.97. The fourth-order valence-corrected chi connectivity index (χ4v) is 2.15. The highest BCUT2D eigenvalue weighted by molar-refractivity contribution is 6.08. The number of aryl methyl sites for hydroxylation is 2. The Bertz CT molecular complexity index is 593. The van der Waals surface area contributed by atoms with Gasteiger partial charge in [0.05, 0.1) is 0 Å². The molecule has 0 radical (unpaired) electrons. The Hall–Kier alpha value is -1.83. The van der Waals surface area contributed by atoms with Crippen LogP contribution in [0.15, 0.2) is 34.7 Å². The minimum Gasteiger partial charge on any atom is -0.458 e. The second kappa shape index (κ2) is 4.69. The van der Waals surface area contributed by atoms with Gasteiger partial charge in [0.2, 0.25) is 5.78 Å². The standard InChI is InChI=1S/C17H20O2/c1-11-10-15(19-12(11)2)16(18)13-8-6-7-9-14(13)17(3,4)5/h6-10H,1-5H3. The largest absolute Gasteiger partial charge is 0.458 e. The first-order chi connectivity index (χ1) is 8.80. The van der Waals surface area contributed by atoms with E-state index in [2.05, 4.69) is 20.8 Å². The summed E-state index contributed by atoms with van der Waals surface area (Å²) in [6, 6.07) is 9.56. The van der Waals surface area contributed by atoms with Gasteiger partial charge in [0.25, 0.3) is 0 Å². The van der Waals surface area contributed by atoms with Crippen LogP contribution in [-0.2, 0) is 5.41 Å². The molecule has 0 saturated carbocycles. The summed E-state index contributed by atoms with van der Waals surface area (Å²) in [6.07, 6.45) is 0. The molecule has 1 aromatic carbocycles. The van der Waals surface area contributed by atoms with Crippen molar-refractivity contribution in [2.45, 2.75) is 40.0 Å². The summed E-state index contributed by atoms with van der Waals surface area (Å²) in [4.78, 5) is 12.6. The Kier molecular flexibility index (Phi) is 3.36. The van der Waals surface area contributed by atoms with Gasteiger partial charge in [-0.3, -0.25) is 4.79 Å².